The smallest absolute Gasteiger partial charge is 0.262 e. The van der Waals surface area contributed by atoms with Crippen molar-refractivity contribution < 1.29 is 14.3 Å². The maximum atomic E-state index is 12.2. The van der Waals surface area contributed by atoms with E-state index in [-0.39, 0.29) is 17.6 Å². The van der Waals surface area contributed by atoms with Gasteiger partial charge in [-0.15, -0.1) is 0 Å². The Bertz CT molecular complexity index is 858. The van der Waals surface area contributed by atoms with Crippen molar-refractivity contribution in [3.8, 4) is 11.8 Å². The number of carbonyl (C=O) groups is 1. The highest BCUT2D eigenvalue weighted by molar-refractivity contribution is 6.01. The highest BCUT2D eigenvalue weighted by Crippen LogP contribution is 2.17. The lowest BCUT2D eigenvalue weighted by molar-refractivity contribution is -0.117. The van der Waals surface area contributed by atoms with Gasteiger partial charge in [-0.1, -0.05) is 42.0 Å². The van der Waals surface area contributed by atoms with Crippen molar-refractivity contribution in [2.24, 2.45) is 0 Å². The van der Waals surface area contributed by atoms with E-state index < -0.39 is 0 Å². The van der Waals surface area contributed by atoms with Crippen LogP contribution in [0.5, 0.6) is 5.75 Å². The van der Waals surface area contributed by atoms with Crippen molar-refractivity contribution in [1.82, 2.24) is 5.32 Å². The van der Waals surface area contributed by atoms with Crippen LogP contribution in [-0.2, 0) is 16.1 Å². The molecule has 5 nitrogen and oxygen atoms in total. The van der Waals surface area contributed by atoms with Crippen LogP contribution in [0.2, 0.25) is 0 Å². The van der Waals surface area contributed by atoms with Crippen molar-refractivity contribution in [2.45, 2.75) is 32.5 Å². The van der Waals surface area contributed by atoms with Gasteiger partial charge in [0.1, 0.15) is 24.0 Å². The lowest BCUT2D eigenvalue weighted by atomic mass is 10.1. The Morgan fingerprint density at radius 2 is 2.00 bits per heavy atom. The Morgan fingerprint density at radius 3 is 2.64 bits per heavy atom. The molecule has 1 N–H and O–H groups in total. The second kappa shape index (κ2) is 9.72. The number of rotatable bonds is 7. The molecule has 5 heteroatoms. The molecule has 1 amide bonds. The molecule has 3 rings (SSSR count). The van der Waals surface area contributed by atoms with Gasteiger partial charge in [0.25, 0.3) is 5.91 Å². The molecule has 2 aromatic carbocycles. The van der Waals surface area contributed by atoms with E-state index in [9.17, 15) is 10.1 Å². The van der Waals surface area contributed by atoms with Crippen LogP contribution in [0.1, 0.15) is 29.5 Å². The molecule has 0 unspecified atom stereocenters. The summed E-state index contributed by atoms with van der Waals surface area (Å²) in [6, 6.07) is 17.5. The van der Waals surface area contributed by atoms with Gasteiger partial charge >= 0.3 is 0 Å². The molecular formula is C23H24N2O3. The van der Waals surface area contributed by atoms with E-state index in [1.165, 1.54) is 5.56 Å². The van der Waals surface area contributed by atoms with Crippen LogP contribution in [0, 0.1) is 18.3 Å². The lowest BCUT2D eigenvalue weighted by Crippen LogP contribution is -2.32. The van der Waals surface area contributed by atoms with Crippen molar-refractivity contribution >= 4 is 12.0 Å². The summed E-state index contributed by atoms with van der Waals surface area (Å²) >= 11 is 0. The topological polar surface area (TPSA) is 71.3 Å². The first-order valence-electron chi connectivity index (χ1n) is 9.44. The molecule has 1 aliphatic heterocycles. The van der Waals surface area contributed by atoms with Crippen LogP contribution in [-0.4, -0.2) is 25.2 Å². The van der Waals surface area contributed by atoms with E-state index in [1.54, 1.807) is 6.08 Å². The summed E-state index contributed by atoms with van der Waals surface area (Å²) in [5.74, 6) is 0.358. The number of benzene rings is 2. The standard InChI is InChI=1S/C23H24N2O3/c1-17-4-6-19(7-5-17)16-28-21-10-8-18(9-11-21)13-20(14-24)23(26)25-15-22-3-2-12-27-22/h4-11,13,22H,2-3,12,15-16H2,1H3,(H,25,26)/b20-13+/t22-/m0/s1. The number of amides is 1. The first kappa shape index (κ1) is 19.7. The molecule has 0 aromatic heterocycles. The summed E-state index contributed by atoms with van der Waals surface area (Å²) in [6.07, 6.45) is 3.58. The molecule has 1 heterocycles. The average molecular weight is 376 g/mol. The number of carbonyl (C=O) groups excluding carboxylic acids is 1. The number of nitriles is 1. The van der Waals surface area contributed by atoms with Crippen LogP contribution in [0.15, 0.2) is 54.1 Å². The molecule has 144 valence electrons. The van der Waals surface area contributed by atoms with Crippen molar-refractivity contribution in [3.05, 3.63) is 70.8 Å². The zero-order valence-corrected chi connectivity index (χ0v) is 16.0. The number of nitrogens with zero attached hydrogens (tertiary/aromatic N) is 1. The first-order valence-corrected chi connectivity index (χ1v) is 9.44. The molecule has 0 saturated carbocycles. The number of nitrogens with one attached hydrogen (secondary N) is 1. The van der Waals surface area contributed by atoms with Crippen LogP contribution >= 0.6 is 0 Å². The number of hydrogen-bond donors (Lipinski definition) is 1. The normalized spacial score (nSPS) is 16.4. The van der Waals surface area contributed by atoms with E-state index in [0.717, 1.165) is 36.3 Å². The van der Waals surface area contributed by atoms with Crippen LogP contribution in [0.4, 0.5) is 0 Å². The van der Waals surface area contributed by atoms with E-state index in [2.05, 4.69) is 24.4 Å². The molecule has 1 fully saturated rings. The summed E-state index contributed by atoms with van der Waals surface area (Å²) in [5, 5.41) is 12.1. The van der Waals surface area contributed by atoms with Crippen molar-refractivity contribution in [2.75, 3.05) is 13.2 Å². The molecule has 28 heavy (non-hydrogen) atoms. The zero-order chi connectivity index (χ0) is 19.8. The molecular weight excluding hydrogens is 352 g/mol. The molecule has 1 aliphatic rings. The fraction of sp³-hybridized carbons (Fsp3) is 0.304. The molecule has 0 bridgehead atoms. The third kappa shape index (κ3) is 5.70. The Hall–Kier alpha value is -3.10. The molecule has 0 spiro atoms. The average Bonchev–Trinajstić information content (AvgIpc) is 3.24. The molecule has 0 aliphatic carbocycles. The fourth-order valence-corrected chi connectivity index (χ4v) is 2.93. The predicted octanol–water partition coefficient (Wildman–Crippen LogP) is 3.78. The van der Waals surface area contributed by atoms with Gasteiger partial charge in [0.2, 0.25) is 0 Å². The molecule has 2 aromatic rings. The summed E-state index contributed by atoms with van der Waals surface area (Å²) in [6.45, 7) is 3.71. The third-order valence-electron chi connectivity index (χ3n) is 4.60. The van der Waals surface area contributed by atoms with Gasteiger partial charge in [0, 0.05) is 13.2 Å². The zero-order valence-electron chi connectivity index (χ0n) is 16.0. The van der Waals surface area contributed by atoms with Crippen LogP contribution in [0.25, 0.3) is 6.08 Å². The molecule has 1 atom stereocenters. The minimum atomic E-state index is -0.377. The first-order chi connectivity index (χ1) is 13.6. The summed E-state index contributed by atoms with van der Waals surface area (Å²) in [5.41, 5.74) is 3.16. The fourth-order valence-electron chi connectivity index (χ4n) is 2.93. The Morgan fingerprint density at radius 1 is 1.25 bits per heavy atom. The summed E-state index contributed by atoms with van der Waals surface area (Å²) in [4.78, 5) is 12.2. The third-order valence-corrected chi connectivity index (χ3v) is 4.60. The van der Waals surface area contributed by atoms with Crippen LogP contribution in [0.3, 0.4) is 0 Å². The highest BCUT2D eigenvalue weighted by atomic mass is 16.5. The van der Waals surface area contributed by atoms with Crippen molar-refractivity contribution in [3.63, 3.8) is 0 Å². The summed E-state index contributed by atoms with van der Waals surface area (Å²) in [7, 11) is 0. The van der Waals surface area contributed by atoms with E-state index in [1.807, 2.05) is 42.5 Å². The van der Waals surface area contributed by atoms with Gasteiger partial charge in [-0.25, -0.2) is 0 Å². The SMILES string of the molecule is Cc1ccc(COc2ccc(/C=C(\C#N)C(=O)NC[C@@H]3CCCO3)cc2)cc1. The predicted molar refractivity (Wildman–Crippen MR) is 108 cm³/mol. The Kier molecular flexibility index (Phi) is 6.83. The summed E-state index contributed by atoms with van der Waals surface area (Å²) < 4.78 is 11.3. The van der Waals surface area contributed by atoms with Gasteiger partial charge in [0.15, 0.2) is 0 Å². The minimum Gasteiger partial charge on any atom is -0.489 e. The Balaban J connectivity index is 1.55. The molecule has 1 saturated heterocycles. The number of aryl methyl sites for hydroxylation is 1. The monoisotopic (exact) mass is 376 g/mol. The number of ether oxygens (including phenoxy) is 2. The minimum absolute atomic E-state index is 0.0499. The van der Waals surface area contributed by atoms with E-state index >= 15 is 0 Å². The lowest BCUT2D eigenvalue weighted by Gasteiger charge is -2.10. The quantitative estimate of drug-likeness (QED) is 0.590. The van der Waals surface area contributed by atoms with Crippen molar-refractivity contribution in [1.29, 1.82) is 5.26 Å². The largest absolute Gasteiger partial charge is 0.489 e. The van der Waals surface area contributed by atoms with E-state index in [0.29, 0.717) is 13.2 Å². The van der Waals surface area contributed by atoms with Gasteiger partial charge in [-0.2, -0.15) is 5.26 Å². The maximum Gasteiger partial charge on any atom is 0.262 e. The van der Waals surface area contributed by atoms with Gasteiger partial charge < -0.3 is 14.8 Å². The maximum absolute atomic E-state index is 12.2. The Labute approximate surface area is 165 Å². The molecule has 0 radical (unpaired) electrons. The van der Waals surface area contributed by atoms with E-state index in [4.69, 9.17) is 9.47 Å². The van der Waals surface area contributed by atoms with Gasteiger partial charge in [-0.3, -0.25) is 4.79 Å². The second-order valence-corrected chi connectivity index (χ2v) is 6.86. The van der Waals surface area contributed by atoms with Gasteiger partial charge in [-0.05, 0) is 49.1 Å². The second-order valence-electron chi connectivity index (χ2n) is 6.86. The number of hydrogen-bond acceptors (Lipinski definition) is 4. The van der Waals surface area contributed by atoms with Crippen LogP contribution < -0.4 is 10.1 Å². The van der Waals surface area contributed by atoms with Gasteiger partial charge in [0.05, 0.1) is 6.10 Å². The highest BCUT2D eigenvalue weighted by Gasteiger charge is 2.17.